The van der Waals surface area contributed by atoms with Crippen LogP contribution in [-0.2, 0) is 6.42 Å². The second kappa shape index (κ2) is 37.1. The number of nitrogens with zero attached hydrogens (tertiary/aromatic N) is 8. The number of fused-ring (bicyclic) bond motifs is 15. The molecule has 0 radical (unpaired) electrons. The average Bonchev–Trinajstić information content (AvgIpc) is 1.57. The van der Waals surface area contributed by atoms with Crippen LogP contribution in [-0.4, -0.2) is 56.2 Å². The smallest absolute Gasteiger partial charge is 0.423 e. The molecule has 135 heavy (non-hydrogen) atoms. The van der Waals surface area contributed by atoms with Gasteiger partial charge in [0.1, 0.15) is 16.8 Å². The van der Waals surface area contributed by atoms with Crippen LogP contribution >= 0.6 is 34.8 Å². The van der Waals surface area contributed by atoms with E-state index in [9.17, 15) is 0 Å². The van der Waals surface area contributed by atoms with Gasteiger partial charge in [0, 0.05) is 65.0 Å². The van der Waals surface area contributed by atoms with Crippen molar-refractivity contribution in [1.29, 1.82) is 0 Å². The van der Waals surface area contributed by atoms with Crippen LogP contribution < -0.4 is 5.46 Å². The molecule has 14 heteroatoms. The van der Waals surface area contributed by atoms with Crippen LogP contribution in [0.5, 0.6) is 0 Å². The third-order valence-electron chi connectivity index (χ3n) is 24.4. The number of rotatable bonds is 10. The number of hydrogen-bond acceptors (Lipinski definition) is 8. The van der Waals surface area contributed by atoms with Gasteiger partial charge in [0.15, 0.2) is 17.5 Å². The first-order valence-corrected chi connectivity index (χ1v) is 45.1. The quantitative estimate of drug-likeness (QED) is 0.102. The van der Waals surface area contributed by atoms with E-state index in [0.29, 0.717) is 34.0 Å². The summed E-state index contributed by atoms with van der Waals surface area (Å²) in [5, 5.41) is 33.2. The highest BCUT2D eigenvalue weighted by molar-refractivity contribution is 6.58. The molecule has 0 amide bonds. The molecule has 0 aliphatic heterocycles. The Labute approximate surface area is 808 Å². The van der Waals surface area contributed by atoms with E-state index in [1.807, 2.05) is 182 Å². The molecule has 0 fully saturated rings. The topological polar surface area (TPSA) is 128 Å². The standard InChI is InChI=1S/C42H27N3.C36H22ClN3.C20H13ClN2.C17H11Cl.C6H7BO2/c1-3-12-28(13-4-1)29-22-24-31(25-23-29)41-43-37-20-10-9-18-35(37)42(44-41)45-38-21-11-19-34(30-14-5-2-6-15-30)40(38)36-26-32-16-7-8-17-33(32)27-39(36)45;37-30-14-8-16-32-34(30)29-21-26-11-4-5-12-27(26)22-33(29)40(32)36-28-13-6-7-15-31(28)38-35(39-36)25-19-17-24(18-20-25)23-9-2-1-3-10-23;21-19-17-8-4-5-9-18(17)22-20(23-19)16-12-10-15(11-13-16)14-6-2-1-3-7-14;18-16-7-3-6-13-9-14-8-11-4-1-2-5-12(11)10-15(14)17(13)16;8-7(9)6-4-2-1-3-5-6/h1-27H;1-22H;1-13H;1-8,10H,9H2;1-5,8-9H/i2D,5D,6D,14D,15D;;;;1D,2D,3D,4D,5D. The highest BCUT2D eigenvalue weighted by atomic mass is 35.5. The molecule has 0 saturated heterocycles. The van der Waals surface area contributed by atoms with Crippen LogP contribution in [0.2, 0.25) is 15.2 Å². The van der Waals surface area contributed by atoms with Gasteiger partial charge in [0.2, 0.25) is 0 Å². The summed E-state index contributed by atoms with van der Waals surface area (Å²) in [7, 11) is -2.07. The molecule has 0 spiro atoms. The van der Waals surface area contributed by atoms with Gasteiger partial charge in [-0.05, 0) is 196 Å². The molecule has 0 unspecified atom stereocenters. The summed E-state index contributed by atoms with van der Waals surface area (Å²) < 4.78 is 83.3. The highest BCUT2D eigenvalue weighted by Gasteiger charge is 2.26. The molecule has 26 rings (SSSR count). The third-order valence-corrected chi connectivity index (χ3v) is 25.3. The molecule has 1 aliphatic rings. The number of hydrogen-bond donors (Lipinski definition) is 2. The normalized spacial score (nSPS) is 12.5. The van der Waals surface area contributed by atoms with Crippen molar-refractivity contribution in [2.24, 2.45) is 0 Å². The lowest BCUT2D eigenvalue weighted by atomic mass is 9.81. The maximum absolute atomic E-state index is 8.86. The monoisotopic (exact) mass is 1800 g/mol. The van der Waals surface area contributed by atoms with Gasteiger partial charge >= 0.3 is 7.12 Å². The Bertz CT molecular complexity index is 9390. The lowest BCUT2D eigenvalue weighted by Crippen LogP contribution is -2.29. The Morgan fingerprint density at radius 2 is 0.622 bits per heavy atom. The molecular formula is C121H80BCl3N8O2. The Hall–Kier alpha value is -16.3. The first kappa shape index (κ1) is 73.3. The van der Waals surface area contributed by atoms with Crippen molar-refractivity contribution in [2.75, 3.05) is 0 Å². The van der Waals surface area contributed by atoms with Gasteiger partial charge in [0.25, 0.3) is 0 Å². The van der Waals surface area contributed by atoms with E-state index >= 15 is 0 Å². The van der Waals surface area contributed by atoms with Gasteiger partial charge in [0.05, 0.1) is 57.3 Å². The number of aromatic nitrogens is 8. The predicted octanol–water partition coefficient (Wildman–Crippen LogP) is 30.8. The van der Waals surface area contributed by atoms with E-state index in [0.717, 1.165) is 143 Å². The predicted molar refractivity (Wildman–Crippen MR) is 564 cm³/mol. The molecule has 25 aromatic rings. The summed E-state index contributed by atoms with van der Waals surface area (Å²) in [6, 6.07) is 132. The van der Waals surface area contributed by atoms with Crippen LogP contribution in [0.4, 0.5) is 0 Å². The van der Waals surface area contributed by atoms with Crippen molar-refractivity contribution in [3.63, 3.8) is 0 Å². The van der Waals surface area contributed by atoms with Crippen LogP contribution in [0.25, 0.3) is 210 Å². The molecule has 5 heterocycles. The van der Waals surface area contributed by atoms with Crippen molar-refractivity contribution in [1.82, 2.24) is 39.0 Å². The fourth-order valence-electron chi connectivity index (χ4n) is 18.0. The molecule has 1 aliphatic carbocycles. The van der Waals surface area contributed by atoms with Crippen molar-refractivity contribution in [3.8, 4) is 101 Å². The van der Waals surface area contributed by atoms with Gasteiger partial charge in [-0.25, -0.2) is 29.9 Å². The van der Waals surface area contributed by atoms with Crippen molar-refractivity contribution < 1.29 is 23.8 Å². The Kier molecular flexibility index (Phi) is 20.2. The minimum absolute atomic E-state index is 0.167. The zero-order valence-corrected chi connectivity index (χ0v) is 74.3. The number of para-hydroxylation sites is 3. The maximum Gasteiger partial charge on any atom is 0.488 e. The SMILES string of the molecule is Clc1cccc2c1-c1cc3ccccc3cc1C2.Clc1cccc2c1c1cc3ccccc3cc1n2-c1nc(-c2ccc(-c3ccccc3)cc2)nc2ccccc12.Clc1nc(-c2ccc(-c3ccccc3)cc2)nc2ccccc12.[2H]c1c([2H])c([2H])c(-c2cccc3c2c2cc4ccccc4cc2n3-c2nc(-c3ccc(-c4ccccc4)cc3)nc3ccccc23)c([2H])c1[2H].[2H]c1c([2H])c([2H])c(B(O)O)c([2H])c1[2H]. The van der Waals surface area contributed by atoms with Crippen LogP contribution in [0, 0.1) is 0 Å². The molecule has 0 saturated carbocycles. The largest absolute Gasteiger partial charge is 0.488 e. The summed E-state index contributed by atoms with van der Waals surface area (Å²) in [6.07, 6.45) is 0.996. The fourth-order valence-corrected chi connectivity index (χ4v) is 18.8. The zero-order valence-electron chi connectivity index (χ0n) is 82.0. The Morgan fingerprint density at radius 1 is 0.259 bits per heavy atom. The first-order valence-electron chi connectivity index (χ1n) is 49.0. The van der Waals surface area contributed by atoms with E-state index < -0.39 is 48.8 Å². The molecule has 640 valence electrons. The Balaban J connectivity index is 0.000000111. The van der Waals surface area contributed by atoms with E-state index in [1.165, 1.54) is 60.5 Å². The molecule has 0 bridgehead atoms. The number of halogens is 3. The van der Waals surface area contributed by atoms with Crippen LogP contribution in [0.3, 0.4) is 0 Å². The van der Waals surface area contributed by atoms with Crippen LogP contribution in [0.1, 0.15) is 24.8 Å². The number of benzene rings is 20. The lowest BCUT2D eigenvalue weighted by Gasteiger charge is -2.13. The average molecular weight is 1810 g/mol. The van der Waals surface area contributed by atoms with E-state index in [4.69, 9.17) is 78.5 Å². The molecule has 0 atom stereocenters. The van der Waals surface area contributed by atoms with Crippen LogP contribution in [0.15, 0.2) is 461 Å². The van der Waals surface area contributed by atoms with Crippen molar-refractivity contribution >= 4 is 156 Å². The summed E-state index contributed by atoms with van der Waals surface area (Å²) in [5.74, 6) is 3.44. The summed E-state index contributed by atoms with van der Waals surface area (Å²) in [5.41, 5.74) is 21.5. The second-order valence-corrected chi connectivity index (χ2v) is 33.8. The first-order chi connectivity index (χ1) is 70.6. The van der Waals surface area contributed by atoms with E-state index in [-0.39, 0.29) is 29.7 Å². The molecule has 2 N–H and O–H groups in total. The molecular weight excluding hydrogens is 1710 g/mol. The third kappa shape index (κ3) is 16.8. The zero-order chi connectivity index (χ0) is 99.5. The van der Waals surface area contributed by atoms with Gasteiger partial charge in [-0.2, -0.15) is 0 Å². The Morgan fingerprint density at radius 3 is 1.10 bits per heavy atom. The van der Waals surface area contributed by atoms with E-state index in [2.05, 4.69) is 237 Å². The summed E-state index contributed by atoms with van der Waals surface area (Å²) >= 11 is 19.5. The van der Waals surface area contributed by atoms with Crippen molar-refractivity contribution in [2.45, 2.75) is 6.42 Å². The fraction of sp³-hybridized carbons (Fsp3) is 0.00826. The molecule has 20 aromatic carbocycles. The molecule has 5 aromatic heterocycles. The summed E-state index contributed by atoms with van der Waals surface area (Å²) in [6.45, 7) is 0. The molecule has 10 nitrogen and oxygen atoms in total. The maximum atomic E-state index is 8.86. The minimum Gasteiger partial charge on any atom is -0.423 e. The van der Waals surface area contributed by atoms with Gasteiger partial charge in [-0.3, -0.25) is 9.13 Å². The van der Waals surface area contributed by atoms with Gasteiger partial charge in [-0.1, -0.05) is 405 Å². The lowest BCUT2D eigenvalue weighted by molar-refractivity contribution is 0.426. The van der Waals surface area contributed by atoms with E-state index in [1.54, 1.807) is 0 Å². The highest BCUT2D eigenvalue weighted by Crippen LogP contribution is 2.46. The summed E-state index contributed by atoms with van der Waals surface area (Å²) in [4.78, 5) is 29.5. The van der Waals surface area contributed by atoms with Crippen molar-refractivity contribution in [3.05, 3.63) is 487 Å². The minimum atomic E-state index is -2.07. The van der Waals surface area contributed by atoms with Gasteiger partial charge in [-0.15, -0.1) is 0 Å². The second-order valence-electron chi connectivity index (χ2n) is 32.6. The van der Waals surface area contributed by atoms with Gasteiger partial charge < -0.3 is 10.0 Å².